The number of nitrogens with zero attached hydrogens (tertiary/aromatic N) is 4. The first-order chi connectivity index (χ1) is 14.6. The topological polar surface area (TPSA) is 53.0 Å². The van der Waals surface area contributed by atoms with Gasteiger partial charge in [-0.15, -0.1) is 35.3 Å². The number of halogens is 1. The predicted molar refractivity (Wildman–Crippen MR) is 140 cm³/mol. The van der Waals surface area contributed by atoms with Gasteiger partial charge in [0.15, 0.2) is 5.96 Å². The molecule has 1 saturated heterocycles. The van der Waals surface area contributed by atoms with Gasteiger partial charge in [-0.3, -0.25) is 4.99 Å². The standard InChI is InChI=1S/C23H35N5OS.HI/c1-18(29-4)22-26-21(17-30-22)16-27(3)23(24-2)25-14-20-11-13-28(15-20)12-10-19-8-6-5-7-9-19;/h5-9,17-18,20H,10-16H2,1-4H3,(H,24,25);1H. The number of rotatable bonds is 9. The van der Waals surface area contributed by atoms with E-state index in [0.29, 0.717) is 5.92 Å². The summed E-state index contributed by atoms with van der Waals surface area (Å²) in [6.45, 7) is 7.21. The van der Waals surface area contributed by atoms with E-state index in [9.17, 15) is 0 Å². The first-order valence-corrected chi connectivity index (χ1v) is 11.6. The molecule has 172 valence electrons. The molecular formula is C23H36IN5OS. The molecule has 0 aliphatic carbocycles. The van der Waals surface area contributed by atoms with Crippen LogP contribution in [0.1, 0.15) is 35.7 Å². The lowest BCUT2D eigenvalue weighted by atomic mass is 10.1. The maximum Gasteiger partial charge on any atom is 0.193 e. The van der Waals surface area contributed by atoms with Crippen LogP contribution in [0.3, 0.4) is 0 Å². The number of methoxy groups -OCH3 is 1. The Labute approximate surface area is 208 Å². The quantitative estimate of drug-likeness (QED) is 0.287. The van der Waals surface area contributed by atoms with Gasteiger partial charge in [0.05, 0.1) is 12.2 Å². The first kappa shape index (κ1) is 26.0. The average molecular weight is 558 g/mol. The lowest BCUT2D eigenvalue weighted by Gasteiger charge is -2.23. The SMILES string of the molecule is CN=C(NCC1CCN(CCc2ccccc2)C1)N(C)Cc1csc(C(C)OC)n1.I. The van der Waals surface area contributed by atoms with Crippen LogP contribution in [0.15, 0.2) is 40.7 Å². The largest absolute Gasteiger partial charge is 0.375 e. The fraction of sp³-hybridized carbons (Fsp3) is 0.565. The Bertz CT molecular complexity index is 800. The molecule has 0 saturated carbocycles. The van der Waals surface area contributed by atoms with Crippen molar-refractivity contribution in [1.29, 1.82) is 0 Å². The number of nitrogens with one attached hydrogen (secondary N) is 1. The van der Waals surface area contributed by atoms with Gasteiger partial charge in [-0.1, -0.05) is 30.3 Å². The molecule has 8 heteroatoms. The summed E-state index contributed by atoms with van der Waals surface area (Å²) in [5.41, 5.74) is 2.48. The maximum atomic E-state index is 5.36. The number of likely N-dealkylation sites (tertiary alicyclic amines) is 1. The molecule has 1 N–H and O–H groups in total. The lowest BCUT2D eigenvalue weighted by Crippen LogP contribution is -2.41. The van der Waals surface area contributed by atoms with Gasteiger partial charge in [0.1, 0.15) is 11.1 Å². The van der Waals surface area contributed by atoms with Crippen molar-refractivity contribution in [2.75, 3.05) is 47.4 Å². The van der Waals surface area contributed by atoms with Crippen LogP contribution < -0.4 is 5.32 Å². The number of thiazole rings is 1. The van der Waals surface area contributed by atoms with Crippen LogP contribution in [0.4, 0.5) is 0 Å². The van der Waals surface area contributed by atoms with E-state index in [1.54, 1.807) is 18.4 Å². The zero-order valence-electron chi connectivity index (χ0n) is 19.1. The van der Waals surface area contributed by atoms with E-state index >= 15 is 0 Å². The Morgan fingerprint density at radius 2 is 2.16 bits per heavy atom. The molecule has 2 unspecified atom stereocenters. The predicted octanol–water partition coefficient (Wildman–Crippen LogP) is 4.04. The molecule has 1 aromatic carbocycles. The van der Waals surface area contributed by atoms with Gasteiger partial charge in [0.25, 0.3) is 0 Å². The highest BCUT2D eigenvalue weighted by atomic mass is 127. The van der Waals surface area contributed by atoms with E-state index < -0.39 is 0 Å². The van der Waals surface area contributed by atoms with Crippen molar-refractivity contribution in [1.82, 2.24) is 20.1 Å². The van der Waals surface area contributed by atoms with Crippen LogP contribution in [0.25, 0.3) is 0 Å². The zero-order valence-corrected chi connectivity index (χ0v) is 22.2. The molecule has 1 aromatic heterocycles. The monoisotopic (exact) mass is 557 g/mol. The molecule has 0 radical (unpaired) electrons. The molecule has 1 fully saturated rings. The average Bonchev–Trinajstić information content (AvgIpc) is 3.42. The van der Waals surface area contributed by atoms with Gasteiger partial charge < -0.3 is 19.9 Å². The highest BCUT2D eigenvalue weighted by molar-refractivity contribution is 14.0. The minimum atomic E-state index is 0. The summed E-state index contributed by atoms with van der Waals surface area (Å²) < 4.78 is 5.36. The minimum Gasteiger partial charge on any atom is -0.375 e. The summed E-state index contributed by atoms with van der Waals surface area (Å²) in [5, 5.41) is 6.69. The van der Waals surface area contributed by atoms with Gasteiger partial charge >= 0.3 is 0 Å². The second-order valence-corrected chi connectivity index (χ2v) is 8.92. The molecule has 2 aromatic rings. The number of guanidine groups is 1. The maximum absolute atomic E-state index is 5.36. The lowest BCUT2D eigenvalue weighted by molar-refractivity contribution is 0.119. The molecule has 6 nitrogen and oxygen atoms in total. The third kappa shape index (κ3) is 8.00. The molecule has 1 aliphatic rings. The van der Waals surface area contributed by atoms with E-state index in [1.807, 2.05) is 14.0 Å². The number of aromatic nitrogens is 1. The summed E-state index contributed by atoms with van der Waals surface area (Å²) in [6.07, 6.45) is 2.41. The Balaban J connectivity index is 0.00000341. The first-order valence-electron chi connectivity index (χ1n) is 10.7. The minimum absolute atomic E-state index is 0. The Kier molecular flexibility index (Phi) is 11.2. The van der Waals surface area contributed by atoms with Crippen LogP contribution >= 0.6 is 35.3 Å². The van der Waals surface area contributed by atoms with Crippen molar-refractivity contribution >= 4 is 41.3 Å². The van der Waals surface area contributed by atoms with Crippen molar-refractivity contribution in [2.45, 2.75) is 32.4 Å². The van der Waals surface area contributed by atoms with Crippen molar-refractivity contribution in [3.63, 3.8) is 0 Å². The summed E-state index contributed by atoms with van der Waals surface area (Å²) in [4.78, 5) is 13.9. The molecule has 31 heavy (non-hydrogen) atoms. The molecule has 0 amide bonds. The highest BCUT2D eigenvalue weighted by Crippen LogP contribution is 2.21. The number of ether oxygens (including phenoxy) is 1. The number of hydrogen-bond acceptors (Lipinski definition) is 5. The summed E-state index contributed by atoms with van der Waals surface area (Å²) in [6, 6.07) is 10.8. The third-order valence-corrected chi connectivity index (χ3v) is 6.78. The van der Waals surface area contributed by atoms with Crippen LogP contribution in [0, 0.1) is 5.92 Å². The van der Waals surface area contributed by atoms with E-state index in [-0.39, 0.29) is 30.1 Å². The van der Waals surface area contributed by atoms with E-state index in [1.165, 1.54) is 18.5 Å². The molecule has 0 bridgehead atoms. The highest BCUT2D eigenvalue weighted by Gasteiger charge is 2.22. The molecule has 3 rings (SSSR count). The molecule has 1 aliphatic heterocycles. The normalized spacial score (nSPS) is 17.9. The van der Waals surface area contributed by atoms with Crippen molar-refractivity contribution in [3.05, 3.63) is 52.0 Å². The van der Waals surface area contributed by atoms with Gasteiger partial charge in [0.2, 0.25) is 0 Å². The van der Waals surface area contributed by atoms with Gasteiger partial charge in [-0.25, -0.2) is 4.98 Å². The van der Waals surface area contributed by atoms with Gasteiger partial charge in [-0.2, -0.15) is 0 Å². The van der Waals surface area contributed by atoms with E-state index in [2.05, 4.69) is 62.9 Å². The Hall–Kier alpha value is -1.23. The molecular weight excluding hydrogens is 521 g/mol. The molecule has 0 spiro atoms. The van der Waals surface area contributed by atoms with E-state index in [0.717, 1.165) is 49.3 Å². The van der Waals surface area contributed by atoms with E-state index in [4.69, 9.17) is 9.72 Å². The summed E-state index contributed by atoms with van der Waals surface area (Å²) in [7, 11) is 5.63. The number of benzene rings is 1. The fourth-order valence-electron chi connectivity index (χ4n) is 3.84. The molecule has 2 atom stereocenters. The Morgan fingerprint density at radius 3 is 2.87 bits per heavy atom. The zero-order chi connectivity index (χ0) is 21.3. The van der Waals surface area contributed by atoms with Crippen LogP contribution in [0.2, 0.25) is 0 Å². The van der Waals surface area contributed by atoms with Crippen molar-refractivity contribution in [2.24, 2.45) is 10.9 Å². The Morgan fingerprint density at radius 1 is 1.39 bits per heavy atom. The summed E-state index contributed by atoms with van der Waals surface area (Å²) >= 11 is 1.65. The van der Waals surface area contributed by atoms with Gasteiger partial charge in [0, 0.05) is 46.2 Å². The second-order valence-electron chi connectivity index (χ2n) is 8.03. The smallest absolute Gasteiger partial charge is 0.193 e. The number of hydrogen-bond donors (Lipinski definition) is 1. The molecule has 2 heterocycles. The van der Waals surface area contributed by atoms with Crippen molar-refractivity contribution in [3.8, 4) is 0 Å². The number of aliphatic imine (C=N–C) groups is 1. The van der Waals surface area contributed by atoms with Crippen LogP contribution in [-0.2, 0) is 17.7 Å². The fourth-order valence-corrected chi connectivity index (χ4v) is 4.68. The van der Waals surface area contributed by atoms with Crippen LogP contribution in [-0.4, -0.2) is 68.1 Å². The van der Waals surface area contributed by atoms with Gasteiger partial charge in [-0.05, 0) is 37.8 Å². The van der Waals surface area contributed by atoms with Crippen molar-refractivity contribution < 1.29 is 4.74 Å². The van der Waals surface area contributed by atoms with Crippen LogP contribution in [0.5, 0.6) is 0 Å². The second kappa shape index (κ2) is 13.3. The third-order valence-electron chi connectivity index (χ3n) is 5.72. The summed E-state index contributed by atoms with van der Waals surface area (Å²) in [5.74, 6) is 1.59.